The third-order valence-electron chi connectivity index (χ3n) is 3.52. The van der Waals surface area contributed by atoms with E-state index in [-0.39, 0.29) is 0 Å². The normalized spacial score (nSPS) is 13.8. The van der Waals surface area contributed by atoms with Crippen LogP contribution in [0.4, 0.5) is 14.5 Å². The molecule has 0 unspecified atom stereocenters. The summed E-state index contributed by atoms with van der Waals surface area (Å²) in [6, 6.07) is 9.93. The van der Waals surface area contributed by atoms with Crippen molar-refractivity contribution in [2.75, 3.05) is 11.9 Å². The fourth-order valence-corrected chi connectivity index (χ4v) is 2.50. The second-order valence-electron chi connectivity index (χ2n) is 4.93. The molecule has 2 aromatic carbocycles. The number of nitrogens with one attached hydrogen (secondary N) is 1. The molecule has 0 amide bonds. The molecular formula is C16H15F2N. The number of hydrogen-bond acceptors (Lipinski definition) is 1. The van der Waals surface area contributed by atoms with E-state index in [0.717, 1.165) is 36.7 Å². The molecule has 1 aliphatic heterocycles. The summed E-state index contributed by atoms with van der Waals surface area (Å²) in [7, 11) is 0. The first-order chi connectivity index (χ1) is 9.22. The van der Waals surface area contributed by atoms with E-state index in [1.165, 1.54) is 17.7 Å². The van der Waals surface area contributed by atoms with Gasteiger partial charge in [0.1, 0.15) is 11.6 Å². The van der Waals surface area contributed by atoms with E-state index in [4.69, 9.17) is 0 Å². The third kappa shape index (κ3) is 2.60. The molecule has 1 heterocycles. The Morgan fingerprint density at radius 2 is 1.95 bits per heavy atom. The zero-order valence-corrected chi connectivity index (χ0v) is 10.5. The summed E-state index contributed by atoms with van der Waals surface area (Å²) < 4.78 is 26.5. The summed E-state index contributed by atoms with van der Waals surface area (Å²) in [5.41, 5.74) is 4.02. The zero-order chi connectivity index (χ0) is 13.2. The van der Waals surface area contributed by atoms with Crippen molar-refractivity contribution in [1.29, 1.82) is 0 Å². The number of aryl methyl sites for hydroxylation is 1. The van der Waals surface area contributed by atoms with Gasteiger partial charge in [-0.15, -0.1) is 0 Å². The second-order valence-corrected chi connectivity index (χ2v) is 4.93. The van der Waals surface area contributed by atoms with E-state index in [1.807, 2.05) is 6.07 Å². The Kier molecular flexibility index (Phi) is 3.20. The predicted octanol–water partition coefficient (Wildman–Crippen LogP) is 3.91. The quantitative estimate of drug-likeness (QED) is 0.862. The Hall–Kier alpha value is -1.90. The van der Waals surface area contributed by atoms with Gasteiger partial charge in [-0.05, 0) is 41.7 Å². The molecule has 1 nitrogen and oxygen atoms in total. The average molecular weight is 259 g/mol. The summed E-state index contributed by atoms with van der Waals surface area (Å²) in [5, 5.41) is 3.36. The van der Waals surface area contributed by atoms with Crippen LogP contribution >= 0.6 is 0 Å². The lowest BCUT2D eigenvalue weighted by atomic mass is 9.98. The van der Waals surface area contributed by atoms with Crippen LogP contribution in [-0.4, -0.2) is 6.54 Å². The SMILES string of the molecule is Fc1ccc(Cc2ccc3c(c2)NCCC3)c(F)c1. The molecule has 0 saturated heterocycles. The first-order valence-corrected chi connectivity index (χ1v) is 6.52. The van der Waals surface area contributed by atoms with Crippen LogP contribution in [0.2, 0.25) is 0 Å². The monoisotopic (exact) mass is 259 g/mol. The van der Waals surface area contributed by atoms with Crippen LogP contribution in [0, 0.1) is 11.6 Å². The average Bonchev–Trinajstić information content (AvgIpc) is 2.42. The van der Waals surface area contributed by atoms with Crippen molar-refractivity contribution in [2.45, 2.75) is 19.3 Å². The van der Waals surface area contributed by atoms with Crippen molar-refractivity contribution in [1.82, 2.24) is 0 Å². The van der Waals surface area contributed by atoms with Gasteiger partial charge in [-0.2, -0.15) is 0 Å². The molecule has 98 valence electrons. The van der Waals surface area contributed by atoms with Gasteiger partial charge in [0, 0.05) is 24.7 Å². The Labute approximate surface area is 111 Å². The van der Waals surface area contributed by atoms with Gasteiger partial charge in [-0.3, -0.25) is 0 Å². The first kappa shape index (κ1) is 12.2. The van der Waals surface area contributed by atoms with Gasteiger partial charge in [0.2, 0.25) is 0 Å². The highest BCUT2D eigenvalue weighted by Gasteiger charge is 2.10. The van der Waals surface area contributed by atoms with E-state index >= 15 is 0 Å². The largest absolute Gasteiger partial charge is 0.385 e. The minimum absolute atomic E-state index is 0.481. The molecule has 0 aromatic heterocycles. The molecule has 0 fully saturated rings. The maximum absolute atomic E-state index is 13.6. The number of halogens is 2. The van der Waals surface area contributed by atoms with E-state index in [9.17, 15) is 8.78 Å². The molecule has 2 aromatic rings. The van der Waals surface area contributed by atoms with E-state index in [2.05, 4.69) is 17.4 Å². The summed E-state index contributed by atoms with van der Waals surface area (Å²) in [5.74, 6) is -1.01. The van der Waals surface area contributed by atoms with Crippen LogP contribution in [-0.2, 0) is 12.8 Å². The van der Waals surface area contributed by atoms with Gasteiger partial charge >= 0.3 is 0 Å². The lowest BCUT2D eigenvalue weighted by molar-refractivity contribution is 0.574. The van der Waals surface area contributed by atoms with Crippen molar-refractivity contribution >= 4 is 5.69 Å². The van der Waals surface area contributed by atoms with Crippen molar-refractivity contribution < 1.29 is 8.78 Å². The molecule has 3 rings (SSSR count). The Balaban J connectivity index is 1.87. The van der Waals surface area contributed by atoms with Crippen LogP contribution in [0.5, 0.6) is 0 Å². The smallest absolute Gasteiger partial charge is 0.129 e. The molecule has 0 saturated carbocycles. The minimum Gasteiger partial charge on any atom is -0.385 e. The molecule has 0 atom stereocenters. The second kappa shape index (κ2) is 5.00. The zero-order valence-electron chi connectivity index (χ0n) is 10.5. The van der Waals surface area contributed by atoms with Crippen molar-refractivity contribution in [3.05, 3.63) is 64.7 Å². The topological polar surface area (TPSA) is 12.0 Å². The summed E-state index contributed by atoms with van der Waals surface area (Å²) >= 11 is 0. The summed E-state index contributed by atoms with van der Waals surface area (Å²) in [6.45, 7) is 0.987. The van der Waals surface area contributed by atoms with Gasteiger partial charge in [0.25, 0.3) is 0 Å². The highest BCUT2D eigenvalue weighted by atomic mass is 19.1. The minimum atomic E-state index is -0.534. The van der Waals surface area contributed by atoms with Crippen molar-refractivity contribution in [3.8, 4) is 0 Å². The number of rotatable bonds is 2. The molecule has 0 radical (unpaired) electrons. The maximum Gasteiger partial charge on any atom is 0.129 e. The van der Waals surface area contributed by atoms with Crippen molar-refractivity contribution in [2.24, 2.45) is 0 Å². The van der Waals surface area contributed by atoms with Gasteiger partial charge in [-0.1, -0.05) is 18.2 Å². The van der Waals surface area contributed by atoms with Gasteiger partial charge < -0.3 is 5.32 Å². The molecule has 19 heavy (non-hydrogen) atoms. The predicted molar refractivity (Wildman–Crippen MR) is 72.4 cm³/mol. The van der Waals surface area contributed by atoms with Crippen LogP contribution in [0.25, 0.3) is 0 Å². The van der Waals surface area contributed by atoms with Crippen LogP contribution in [0.1, 0.15) is 23.1 Å². The Morgan fingerprint density at radius 3 is 2.79 bits per heavy atom. The molecule has 1 aliphatic rings. The summed E-state index contributed by atoms with van der Waals surface area (Å²) in [6.07, 6.45) is 2.73. The van der Waals surface area contributed by atoms with Crippen LogP contribution in [0.15, 0.2) is 36.4 Å². The Bertz CT molecular complexity index is 608. The highest BCUT2D eigenvalue weighted by Crippen LogP contribution is 2.24. The number of fused-ring (bicyclic) bond motifs is 1. The van der Waals surface area contributed by atoms with Crippen LogP contribution in [0.3, 0.4) is 0 Å². The van der Waals surface area contributed by atoms with Gasteiger partial charge in [-0.25, -0.2) is 8.78 Å². The van der Waals surface area contributed by atoms with E-state index in [1.54, 1.807) is 0 Å². The number of hydrogen-bond donors (Lipinski definition) is 1. The molecular weight excluding hydrogens is 244 g/mol. The highest BCUT2D eigenvalue weighted by molar-refractivity contribution is 5.55. The van der Waals surface area contributed by atoms with Crippen molar-refractivity contribution in [3.63, 3.8) is 0 Å². The maximum atomic E-state index is 13.6. The standard InChI is InChI=1S/C16H15F2N/c17-14-6-5-13(15(18)10-14)8-11-3-4-12-2-1-7-19-16(12)9-11/h3-6,9-10,19H,1-2,7-8H2. The molecule has 3 heteroatoms. The first-order valence-electron chi connectivity index (χ1n) is 6.52. The lowest BCUT2D eigenvalue weighted by Crippen LogP contribution is -2.11. The fraction of sp³-hybridized carbons (Fsp3) is 0.250. The molecule has 1 N–H and O–H groups in total. The van der Waals surface area contributed by atoms with Gasteiger partial charge in [0.05, 0.1) is 0 Å². The van der Waals surface area contributed by atoms with E-state index in [0.29, 0.717) is 12.0 Å². The lowest BCUT2D eigenvalue weighted by Gasteiger charge is -2.18. The number of anilines is 1. The number of benzene rings is 2. The van der Waals surface area contributed by atoms with E-state index < -0.39 is 11.6 Å². The van der Waals surface area contributed by atoms with Gasteiger partial charge in [0.15, 0.2) is 0 Å². The third-order valence-corrected chi connectivity index (χ3v) is 3.52. The Morgan fingerprint density at radius 1 is 1.05 bits per heavy atom. The fourth-order valence-electron chi connectivity index (χ4n) is 2.50. The summed E-state index contributed by atoms with van der Waals surface area (Å²) in [4.78, 5) is 0. The van der Waals surface area contributed by atoms with Crippen LogP contribution < -0.4 is 5.32 Å². The molecule has 0 aliphatic carbocycles. The molecule has 0 spiro atoms. The molecule has 0 bridgehead atoms.